The zero-order valence-corrected chi connectivity index (χ0v) is 8.49. The molecule has 0 saturated heterocycles. The van der Waals surface area contributed by atoms with Gasteiger partial charge in [0.2, 0.25) is 5.72 Å². The van der Waals surface area contributed by atoms with Crippen molar-refractivity contribution in [2.75, 3.05) is 13.7 Å². The quantitative estimate of drug-likeness (QED) is 0.750. The van der Waals surface area contributed by atoms with Crippen molar-refractivity contribution in [1.29, 1.82) is 0 Å². The molecule has 0 spiro atoms. The third-order valence-corrected chi connectivity index (χ3v) is 2.77. The van der Waals surface area contributed by atoms with Gasteiger partial charge in [-0.3, -0.25) is 5.32 Å². The normalized spacial score (nSPS) is 24.6. The van der Waals surface area contributed by atoms with Crippen molar-refractivity contribution in [3.63, 3.8) is 0 Å². The Morgan fingerprint density at radius 2 is 2.27 bits per heavy atom. The van der Waals surface area contributed by atoms with Gasteiger partial charge in [-0.25, -0.2) is 4.79 Å². The van der Waals surface area contributed by atoms with E-state index in [1.807, 2.05) is 18.2 Å². The number of carboxylic acids is 1. The molecule has 2 N–H and O–H groups in total. The number of benzene rings is 1. The molecule has 4 nitrogen and oxygen atoms in total. The lowest BCUT2D eigenvalue weighted by Crippen LogP contribution is -2.54. The first-order valence-electron chi connectivity index (χ1n) is 4.82. The number of methoxy groups -OCH3 is 1. The molecule has 1 unspecified atom stereocenters. The zero-order chi connectivity index (χ0) is 10.9. The number of hydrogen-bond acceptors (Lipinski definition) is 3. The van der Waals surface area contributed by atoms with Crippen LogP contribution in [-0.4, -0.2) is 24.7 Å². The number of nitrogens with one attached hydrogen (secondary N) is 1. The van der Waals surface area contributed by atoms with Crippen LogP contribution in [0.2, 0.25) is 0 Å². The highest BCUT2D eigenvalue weighted by Crippen LogP contribution is 2.29. The Bertz CT molecular complexity index is 391. The molecule has 1 aliphatic heterocycles. The van der Waals surface area contributed by atoms with Gasteiger partial charge in [-0.2, -0.15) is 0 Å². The lowest BCUT2D eigenvalue weighted by molar-refractivity contribution is -0.169. The SMILES string of the molecule is COC1(C(=O)O)NCCc2ccccc21. The molecule has 0 aliphatic carbocycles. The van der Waals surface area contributed by atoms with E-state index in [0.717, 1.165) is 12.0 Å². The summed E-state index contributed by atoms with van der Waals surface area (Å²) in [5.41, 5.74) is 0.348. The second-order valence-corrected chi connectivity index (χ2v) is 3.52. The second-order valence-electron chi connectivity index (χ2n) is 3.52. The van der Waals surface area contributed by atoms with Crippen molar-refractivity contribution in [2.45, 2.75) is 12.1 Å². The van der Waals surface area contributed by atoms with E-state index in [9.17, 15) is 9.90 Å². The van der Waals surface area contributed by atoms with Crippen LogP contribution in [0.15, 0.2) is 24.3 Å². The van der Waals surface area contributed by atoms with E-state index < -0.39 is 11.7 Å². The van der Waals surface area contributed by atoms with E-state index in [-0.39, 0.29) is 0 Å². The maximum absolute atomic E-state index is 11.3. The van der Waals surface area contributed by atoms with Crippen LogP contribution in [0, 0.1) is 0 Å². The van der Waals surface area contributed by atoms with Gasteiger partial charge in [0.1, 0.15) is 0 Å². The molecule has 0 radical (unpaired) electrons. The summed E-state index contributed by atoms with van der Waals surface area (Å²) < 4.78 is 5.16. The summed E-state index contributed by atoms with van der Waals surface area (Å²) in [6.07, 6.45) is 0.828. The van der Waals surface area contributed by atoms with Gasteiger partial charge in [-0.05, 0) is 12.0 Å². The van der Waals surface area contributed by atoms with Crippen molar-refractivity contribution >= 4 is 5.97 Å². The first kappa shape index (κ1) is 10.1. The highest BCUT2D eigenvalue weighted by Gasteiger charge is 2.43. The van der Waals surface area contributed by atoms with E-state index in [0.29, 0.717) is 12.1 Å². The lowest BCUT2D eigenvalue weighted by Gasteiger charge is -2.34. The van der Waals surface area contributed by atoms with Crippen molar-refractivity contribution in [3.05, 3.63) is 35.4 Å². The standard InChI is InChI=1S/C11H13NO3/c1-15-11(10(13)14)9-5-3-2-4-8(9)6-7-12-11/h2-5,12H,6-7H2,1H3,(H,13,14). The van der Waals surface area contributed by atoms with Gasteiger partial charge in [0.15, 0.2) is 0 Å². The summed E-state index contributed by atoms with van der Waals surface area (Å²) >= 11 is 0. The maximum Gasteiger partial charge on any atom is 0.356 e. The van der Waals surface area contributed by atoms with Crippen molar-refractivity contribution < 1.29 is 14.6 Å². The zero-order valence-electron chi connectivity index (χ0n) is 8.49. The Hall–Kier alpha value is -1.39. The van der Waals surface area contributed by atoms with Crippen molar-refractivity contribution in [1.82, 2.24) is 5.32 Å². The van der Waals surface area contributed by atoms with Crippen LogP contribution in [0.5, 0.6) is 0 Å². The maximum atomic E-state index is 11.3. The number of carboxylic acid groups (broad SMARTS) is 1. The van der Waals surface area contributed by atoms with E-state index in [1.165, 1.54) is 7.11 Å². The summed E-state index contributed by atoms with van der Waals surface area (Å²) in [5.74, 6) is -1.00. The van der Waals surface area contributed by atoms with E-state index in [1.54, 1.807) is 6.07 Å². The van der Waals surface area contributed by atoms with Gasteiger partial charge in [0, 0.05) is 19.2 Å². The number of rotatable bonds is 2. The minimum Gasteiger partial charge on any atom is -0.478 e. The largest absolute Gasteiger partial charge is 0.478 e. The van der Waals surface area contributed by atoms with Gasteiger partial charge in [-0.15, -0.1) is 0 Å². The van der Waals surface area contributed by atoms with Crippen LogP contribution in [0.1, 0.15) is 11.1 Å². The first-order valence-corrected chi connectivity index (χ1v) is 4.82. The van der Waals surface area contributed by atoms with Crippen LogP contribution in [-0.2, 0) is 21.7 Å². The average Bonchev–Trinajstić information content (AvgIpc) is 2.28. The van der Waals surface area contributed by atoms with Crippen LogP contribution in [0.4, 0.5) is 0 Å². The molecule has 15 heavy (non-hydrogen) atoms. The Morgan fingerprint density at radius 3 is 2.93 bits per heavy atom. The number of aliphatic carboxylic acids is 1. The molecule has 80 valence electrons. The Kier molecular flexibility index (Phi) is 2.46. The number of fused-ring (bicyclic) bond motifs is 1. The fourth-order valence-corrected chi connectivity index (χ4v) is 2.01. The Morgan fingerprint density at radius 1 is 1.53 bits per heavy atom. The summed E-state index contributed by atoms with van der Waals surface area (Å²) in [4.78, 5) is 11.3. The Balaban J connectivity index is 2.57. The minimum atomic E-state index is -1.38. The van der Waals surface area contributed by atoms with E-state index in [4.69, 9.17) is 4.74 Å². The predicted octanol–water partition coefficient (Wildman–Crippen LogP) is 0.716. The first-order chi connectivity index (χ1) is 7.20. The van der Waals surface area contributed by atoms with Gasteiger partial charge < -0.3 is 9.84 Å². The van der Waals surface area contributed by atoms with Crippen LogP contribution >= 0.6 is 0 Å². The molecule has 4 heteroatoms. The average molecular weight is 207 g/mol. The molecular weight excluding hydrogens is 194 g/mol. The smallest absolute Gasteiger partial charge is 0.356 e. The summed E-state index contributed by atoms with van der Waals surface area (Å²) in [6, 6.07) is 7.46. The van der Waals surface area contributed by atoms with Gasteiger partial charge in [0.05, 0.1) is 0 Å². The van der Waals surface area contributed by atoms with Crippen LogP contribution in [0.3, 0.4) is 0 Å². The number of ether oxygens (including phenoxy) is 1. The summed E-state index contributed by atoms with van der Waals surface area (Å²) in [6.45, 7) is 0.608. The predicted molar refractivity (Wildman–Crippen MR) is 54.5 cm³/mol. The molecule has 0 saturated carbocycles. The fourth-order valence-electron chi connectivity index (χ4n) is 2.01. The molecule has 1 aromatic carbocycles. The van der Waals surface area contributed by atoms with Gasteiger partial charge in [0.25, 0.3) is 0 Å². The van der Waals surface area contributed by atoms with E-state index in [2.05, 4.69) is 5.32 Å². The highest BCUT2D eigenvalue weighted by atomic mass is 16.5. The molecule has 1 heterocycles. The molecule has 0 bridgehead atoms. The molecule has 2 rings (SSSR count). The fraction of sp³-hybridized carbons (Fsp3) is 0.364. The molecular formula is C11H13NO3. The Labute approximate surface area is 87.9 Å². The minimum absolute atomic E-state index is 0.608. The molecule has 1 atom stereocenters. The molecule has 0 amide bonds. The lowest BCUT2D eigenvalue weighted by atomic mass is 9.91. The molecule has 0 fully saturated rings. The molecule has 1 aromatic rings. The van der Waals surface area contributed by atoms with Crippen molar-refractivity contribution in [2.24, 2.45) is 0 Å². The molecule has 1 aliphatic rings. The summed E-state index contributed by atoms with van der Waals surface area (Å²) in [5, 5.41) is 12.2. The van der Waals surface area contributed by atoms with Crippen LogP contribution < -0.4 is 5.32 Å². The van der Waals surface area contributed by atoms with E-state index >= 15 is 0 Å². The summed E-state index contributed by atoms with van der Waals surface area (Å²) in [7, 11) is 1.41. The van der Waals surface area contributed by atoms with Crippen molar-refractivity contribution in [3.8, 4) is 0 Å². The third kappa shape index (κ3) is 1.42. The van der Waals surface area contributed by atoms with Crippen LogP contribution in [0.25, 0.3) is 0 Å². The monoisotopic (exact) mass is 207 g/mol. The second kappa shape index (κ2) is 3.64. The van der Waals surface area contributed by atoms with Gasteiger partial charge >= 0.3 is 5.97 Å². The topological polar surface area (TPSA) is 58.6 Å². The van der Waals surface area contributed by atoms with Gasteiger partial charge in [-0.1, -0.05) is 24.3 Å². The highest BCUT2D eigenvalue weighted by molar-refractivity contribution is 5.80. The molecule has 0 aromatic heterocycles. The number of carbonyl (C=O) groups is 1. The third-order valence-electron chi connectivity index (χ3n) is 2.77. The number of hydrogen-bond donors (Lipinski definition) is 2.